The third kappa shape index (κ3) is 3.77. The first-order valence-corrected chi connectivity index (χ1v) is 6.17. The fourth-order valence-corrected chi connectivity index (χ4v) is 1.83. The molecule has 0 spiro atoms. The molecule has 7 nitrogen and oxygen atoms in total. The molecule has 2 rings (SSSR count). The van der Waals surface area contributed by atoms with Gasteiger partial charge in [-0.05, 0) is 12.1 Å². The Morgan fingerprint density at radius 3 is 2.75 bits per heavy atom. The van der Waals surface area contributed by atoms with E-state index in [1.165, 1.54) is 0 Å². The van der Waals surface area contributed by atoms with Crippen molar-refractivity contribution in [1.29, 1.82) is 0 Å². The zero-order valence-corrected chi connectivity index (χ0v) is 10.7. The zero-order valence-electron chi connectivity index (χ0n) is 10.7. The predicted molar refractivity (Wildman–Crippen MR) is 69.9 cm³/mol. The number of nitrogens with one attached hydrogen (secondary N) is 1. The second kappa shape index (κ2) is 6.47. The number of aliphatic carboxylic acids is 1. The average Bonchev–Trinajstić information content (AvgIpc) is 2.92. The summed E-state index contributed by atoms with van der Waals surface area (Å²) >= 11 is 0. The molecule has 0 aromatic heterocycles. The highest BCUT2D eigenvalue weighted by atomic mass is 16.7. The quantitative estimate of drug-likeness (QED) is 0.723. The summed E-state index contributed by atoms with van der Waals surface area (Å²) in [6, 6.07) is 5.88. The van der Waals surface area contributed by atoms with E-state index >= 15 is 0 Å². The molecule has 1 unspecified atom stereocenters. The Bertz CT molecular complexity index is 499. The minimum Gasteiger partial charge on any atom is -0.481 e. The van der Waals surface area contributed by atoms with Gasteiger partial charge in [-0.25, -0.2) is 0 Å². The number of hydrogen-bond donors (Lipinski definition) is 3. The Kier molecular flexibility index (Phi) is 4.67. The maximum atomic E-state index is 11.7. The second-order valence-electron chi connectivity index (χ2n) is 4.39. The van der Waals surface area contributed by atoms with Crippen molar-refractivity contribution in [2.75, 3.05) is 18.5 Å². The third-order valence-electron chi connectivity index (χ3n) is 2.78. The van der Waals surface area contributed by atoms with Crippen LogP contribution < -0.4 is 11.1 Å². The van der Waals surface area contributed by atoms with Crippen molar-refractivity contribution < 1.29 is 24.2 Å². The van der Waals surface area contributed by atoms with E-state index in [-0.39, 0.29) is 0 Å². The number of carboxylic acids is 1. The minimum absolute atomic E-state index is 0.416. The summed E-state index contributed by atoms with van der Waals surface area (Å²) in [7, 11) is 0. The number of carbonyl (C=O) groups excluding carboxylic acids is 1. The van der Waals surface area contributed by atoms with Crippen LogP contribution in [0.15, 0.2) is 24.3 Å². The maximum Gasteiger partial charge on any atom is 0.305 e. The van der Waals surface area contributed by atoms with Gasteiger partial charge in [0.2, 0.25) is 5.91 Å². The third-order valence-corrected chi connectivity index (χ3v) is 2.78. The summed E-state index contributed by atoms with van der Waals surface area (Å²) in [5.41, 5.74) is 6.79. The Balaban J connectivity index is 2.00. The van der Waals surface area contributed by atoms with Crippen molar-refractivity contribution in [3.63, 3.8) is 0 Å². The van der Waals surface area contributed by atoms with Crippen LogP contribution in [0.25, 0.3) is 0 Å². The van der Waals surface area contributed by atoms with Crippen LogP contribution in [0.1, 0.15) is 18.3 Å². The predicted octanol–water partition coefficient (Wildman–Crippen LogP) is 0.472. The van der Waals surface area contributed by atoms with Gasteiger partial charge in [0.25, 0.3) is 0 Å². The fourth-order valence-electron chi connectivity index (χ4n) is 1.83. The Labute approximate surface area is 115 Å². The van der Waals surface area contributed by atoms with E-state index in [9.17, 15) is 9.59 Å². The molecule has 4 N–H and O–H groups in total. The number of carbonyl (C=O) groups is 2. The molecule has 1 atom stereocenters. The molecule has 20 heavy (non-hydrogen) atoms. The van der Waals surface area contributed by atoms with Crippen LogP contribution in [0.4, 0.5) is 5.69 Å². The molecule has 7 heteroatoms. The van der Waals surface area contributed by atoms with Crippen molar-refractivity contribution in [2.45, 2.75) is 18.8 Å². The first kappa shape index (κ1) is 14.4. The standard InChI is InChI=1S/C13H16N2O5/c14-10(7-11(16)17)12(18)15-9-3-1-2-8(6-9)13-19-4-5-20-13/h1-3,6,10,13H,4-5,7,14H2,(H,15,18)(H,16,17). The van der Waals surface area contributed by atoms with Gasteiger partial charge in [-0.15, -0.1) is 0 Å². The maximum absolute atomic E-state index is 11.7. The van der Waals surface area contributed by atoms with Crippen molar-refractivity contribution in [2.24, 2.45) is 5.73 Å². The zero-order chi connectivity index (χ0) is 14.5. The molecular weight excluding hydrogens is 264 g/mol. The smallest absolute Gasteiger partial charge is 0.305 e. The molecule has 1 aliphatic rings. The number of benzene rings is 1. The van der Waals surface area contributed by atoms with E-state index in [1.807, 2.05) is 6.07 Å². The van der Waals surface area contributed by atoms with Crippen molar-refractivity contribution >= 4 is 17.6 Å². The van der Waals surface area contributed by atoms with E-state index in [2.05, 4.69) is 5.32 Å². The molecule has 0 aliphatic carbocycles. The van der Waals surface area contributed by atoms with Crippen LogP contribution in [0.3, 0.4) is 0 Å². The number of hydrogen-bond acceptors (Lipinski definition) is 5. The Morgan fingerprint density at radius 1 is 1.40 bits per heavy atom. The molecule has 1 aromatic rings. The molecule has 0 bridgehead atoms. The van der Waals surface area contributed by atoms with Crippen LogP contribution in [-0.4, -0.2) is 36.2 Å². The molecule has 1 amide bonds. The van der Waals surface area contributed by atoms with E-state index < -0.39 is 30.6 Å². The second-order valence-corrected chi connectivity index (χ2v) is 4.39. The number of rotatable bonds is 5. The Hall–Kier alpha value is -1.96. The minimum atomic E-state index is -1.12. The van der Waals surface area contributed by atoms with Gasteiger partial charge in [0.15, 0.2) is 6.29 Å². The molecule has 1 fully saturated rings. The average molecular weight is 280 g/mol. The van der Waals surface area contributed by atoms with Crippen LogP contribution in [-0.2, 0) is 19.1 Å². The van der Waals surface area contributed by atoms with E-state index in [0.29, 0.717) is 18.9 Å². The molecule has 0 radical (unpaired) electrons. The van der Waals surface area contributed by atoms with E-state index in [1.54, 1.807) is 18.2 Å². The SMILES string of the molecule is NC(CC(=O)O)C(=O)Nc1cccc(C2OCCO2)c1. The van der Waals surface area contributed by atoms with Crippen LogP contribution in [0.5, 0.6) is 0 Å². The summed E-state index contributed by atoms with van der Waals surface area (Å²) in [5, 5.41) is 11.2. The van der Waals surface area contributed by atoms with E-state index in [4.69, 9.17) is 20.3 Å². The largest absolute Gasteiger partial charge is 0.481 e. The lowest BCUT2D eigenvalue weighted by atomic mass is 10.1. The summed E-state index contributed by atoms with van der Waals surface area (Å²) in [6.07, 6.45) is -0.847. The lowest BCUT2D eigenvalue weighted by Gasteiger charge is -2.13. The number of amides is 1. The number of carboxylic acid groups (broad SMARTS) is 1. The van der Waals surface area contributed by atoms with Gasteiger partial charge < -0.3 is 25.6 Å². The molecule has 108 valence electrons. The van der Waals surface area contributed by atoms with Gasteiger partial charge in [-0.1, -0.05) is 12.1 Å². The molecule has 1 aliphatic heterocycles. The first-order chi connectivity index (χ1) is 9.56. The van der Waals surface area contributed by atoms with Crippen molar-refractivity contribution in [3.8, 4) is 0 Å². The molecule has 1 saturated heterocycles. The van der Waals surface area contributed by atoms with Crippen molar-refractivity contribution in [1.82, 2.24) is 0 Å². The van der Waals surface area contributed by atoms with Gasteiger partial charge in [-0.2, -0.15) is 0 Å². The highest BCUT2D eigenvalue weighted by Gasteiger charge is 2.20. The summed E-state index contributed by atoms with van der Waals surface area (Å²) in [6.45, 7) is 1.06. The number of nitrogens with two attached hydrogens (primary N) is 1. The first-order valence-electron chi connectivity index (χ1n) is 6.17. The van der Waals surface area contributed by atoms with Crippen LogP contribution >= 0.6 is 0 Å². The molecule has 0 saturated carbocycles. The van der Waals surface area contributed by atoms with Gasteiger partial charge >= 0.3 is 5.97 Å². The van der Waals surface area contributed by atoms with Gasteiger partial charge in [0.05, 0.1) is 25.7 Å². The highest BCUT2D eigenvalue weighted by molar-refractivity contribution is 5.96. The fraction of sp³-hybridized carbons (Fsp3) is 0.385. The van der Waals surface area contributed by atoms with Crippen LogP contribution in [0, 0.1) is 0 Å². The molecular formula is C13H16N2O5. The van der Waals surface area contributed by atoms with Crippen LogP contribution in [0.2, 0.25) is 0 Å². The summed E-state index contributed by atoms with van der Waals surface area (Å²) in [5.74, 6) is -1.66. The lowest BCUT2D eigenvalue weighted by molar-refractivity contribution is -0.138. The lowest BCUT2D eigenvalue weighted by Crippen LogP contribution is -2.37. The molecule has 1 aromatic carbocycles. The van der Waals surface area contributed by atoms with Gasteiger partial charge in [0.1, 0.15) is 0 Å². The number of ether oxygens (including phenoxy) is 2. The van der Waals surface area contributed by atoms with Gasteiger partial charge in [0, 0.05) is 11.3 Å². The van der Waals surface area contributed by atoms with E-state index in [0.717, 1.165) is 5.56 Å². The van der Waals surface area contributed by atoms with Gasteiger partial charge in [-0.3, -0.25) is 9.59 Å². The summed E-state index contributed by atoms with van der Waals surface area (Å²) in [4.78, 5) is 22.2. The molecule has 1 heterocycles. The number of anilines is 1. The summed E-state index contributed by atoms with van der Waals surface area (Å²) < 4.78 is 10.7. The topological polar surface area (TPSA) is 111 Å². The normalized spacial score (nSPS) is 16.9. The highest BCUT2D eigenvalue weighted by Crippen LogP contribution is 2.25. The van der Waals surface area contributed by atoms with Crippen molar-refractivity contribution in [3.05, 3.63) is 29.8 Å². The monoisotopic (exact) mass is 280 g/mol. The Morgan fingerprint density at radius 2 is 2.10 bits per heavy atom.